The van der Waals surface area contributed by atoms with Gasteiger partial charge in [-0.05, 0) is 281 Å². The average molecular weight is 1640 g/mol. The fraction of sp³-hybridized carbons (Fsp3) is 0.583. The molecule has 0 aromatic heterocycles. The van der Waals surface area contributed by atoms with Crippen LogP contribution in [-0.2, 0) is 15.6 Å². The number of ether oxygens (including phenoxy) is 2. The first-order chi connectivity index (χ1) is 54.4. The molecule has 0 radical (unpaired) electrons. The lowest BCUT2D eigenvalue weighted by Gasteiger charge is -2.49. The highest BCUT2D eigenvalue weighted by Crippen LogP contribution is 2.70. The standard InChI is InChI=1S/C56H84OSi.C56H76OSi.C3H8/c2*1-33-21-34(2)24-38(23-33)48-37(5)46(55(12,13)14)29-44-42(48)27-40(31-53(6,7)8)51(44)58(19,20)52-41(32-54(9,10)11)28-43-45(52)30-47(56(15,16)17)50(57-18)49(43)39-25-35(3)22-36(4)26-39;1-3-2/h21-26,29-30,40-45,51-52H,27-28,31-32H2,1-20H3;21-30,51-52H,31-32H2,1-20H3;3H2,1-2H3. The molecule has 0 spiro atoms. The molecule has 12 rings (SSSR count). The van der Waals surface area contributed by atoms with Gasteiger partial charge < -0.3 is 9.47 Å². The maximum absolute atomic E-state index is 6.62. The molecule has 6 aromatic carbocycles. The van der Waals surface area contributed by atoms with E-state index in [0.29, 0.717) is 57.7 Å². The lowest BCUT2D eigenvalue weighted by atomic mass is 9.69. The number of benzene rings is 6. The zero-order chi connectivity index (χ0) is 89.2. The molecule has 648 valence electrons. The van der Waals surface area contributed by atoms with Gasteiger partial charge in [0, 0.05) is 27.8 Å². The Hall–Kier alpha value is -6.21. The van der Waals surface area contributed by atoms with Gasteiger partial charge in [0.2, 0.25) is 0 Å². The highest BCUT2D eigenvalue weighted by Gasteiger charge is 2.62. The van der Waals surface area contributed by atoms with Crippen LogP contribution in [0.15, 0.2) is 131 Å². The third kappa shape index (κ3) is 20.3. The Morgan fingerprint density at radius 3 is 1.03 bits per heavy atom. The van der Waals surface area contributed by atoms with E-state index in [2.05, 4.69) is 385 Å². The van der Waals surface area contributed by atoms with Crippen LogP contribution >= 0.6 is 0 Å². The Morgan fingerprint density at radius 1 is 0.361 bits per heavy atom. The summed E-state index contributed by atoms with van der Waals surface area (Å²) in [6.45, 7) is 97.2. The molecule has 0 amide bonds. The van der Waals surface area contributed by atoms with Gasteiger partial charge in [0.15, 0.2) is 0 Å². The van der Waals surface area contributed by atoms with Crippen LogP contribution in [0.1, 0.15) is 338 Å². The van der Waals surface area contributed by atoms with Crippen LogP contribution in [0.3, 0.4) is 0 Å². The van der Waals surface area contributed by atoms with Crippen LogP contribution in [-0.4, -0.2) is 30.4 Å². The largest absolute Gasteiger partial charge is 0.496 e. The summed E-state index contributed by atoms with van der Waals surface area (Å²) < 4.78 is 13.2. The summed E-state index contributed by atoms with van der Waals surface area (Å²) in [4.78, 5) is 0. The summed E-state index contributed by atoms with van der Waals surface area (Å²) >= 11 is 0. The van der Waals surface area contributed by atoms with Crippen molar-refractivity contribution in [2.75, 3.05) is 14.2 Å². The van der Waals surface area contributed by atoms with Crippen LogP contribution in [0.4, 0.5) is 0 Å². The number of hydrogen-bond acceptors (Lipinski definition) is 2. The first-order valence-electron chi connectivity index (χ1n) is 46.6. The Kier molecular flexibility index (Phi) is 27.2. The lowest BCUT2D eigenvalue weighted by molar-refractivity contribution is 0.273. The van der Waals surface area contributed by atoms with E-state index < -0.39 is 16.1 Å². The second kappa shape index (κ2) is 34.0. The summed E-state index contributed by atoms with van der Waals surface area (Å²) in [7, 11) is -0.609. The van der Waals surface area contributed by atoms with Crippen molar-refractivity contribution in [2.24, 2.45) is 68.0 Å². The highest BCUT2D eigenvalue weighted by atomic mass is 28.3. The lowest BCUT2D eigenvalue weighted by Crippen LogP contribution is -2.47. The van der Waals surface area contributed by atoms with Gasteiger partial charge in [-0.3, -0.25) is 0 Å². The Bertz CT molecular complexity index is 4910. The fourth-order valence-electron chi connectivity index (χ4n) is 25.0. The van der Waals surface area contributed by atoms with E-state index in [1.807, 2.05) is 14.2 Å². The van der Waals surface area contributed by atoms with Crippen molar-refractivity contribution in [1.29, 1.82) is 0 Å². The van der Waals surface area contributed by atoms with Crippen LogP contribution in [0.25, 0.3) is 45.6 Å². The third-order valence-electron chi connectivity index (χ3n) is 27.8. The van der Waals surface area contributed by atoms with E-state index in [1.165, 1.54) is 155 Å². The fourth-order valence-corrected chi connectivity index (χ4v) is 35.7. The second-order valence-electron chi connectivity index (χ2n) is 49.5. The zero-order valence-corrected chi connectivity index (χ0v) is 85.9. The molecule has 0 aliphatic heterocycles. The van der Waals surface area contributed by atoms with Gasteiger partial charge in [0.25, 0.3) is 0 Å². The normalized spacial score (nSPS) is 22.4. The van der Waals surface area contributed by atoms with E-state index in [9.17, 15) is 0 Å². The third-order valence-corrected chi connectivity index (χ3v) is 37.3. The minimum Gasteiger partial charge on any atom is -0.496 e. The molecule has 6 aliphatic rings. The first kappa shape index (κ1) is 95.0. The van der Waals surface area contributed by atoms with Crippen molar-refractivity contribution in [1.82, 2.24) is 0 Å². The van der Waals surface area contributed by atoms with Crippen molar-refractivity contribution in [3.05, 3.63) is 225 Å². The molecule has 0 heterocycles. The van der Waals surface area contributed by atoms with Gasteiger partial charge in [-0.15, -0.1) is 0 Å². The van der Waals surface area contributed by atoms with E-state index in [-0.39, 0.29) is 43.3 Å². The molecule has 0 bridgehead atoms. The minimum atomic E-state index is -2.34. The number of hydrogen-bond donors (Lipinski definition) is 0. The molecular weight excluding hydrogens is 1470 g/mol. The van der Waals surface area contributed by atoms with Crippen LogP contribution in [0.5, 0.6) is 5.75 Å². The molecule has 2 saturated carbocycles. The summed E-state index contributed by atoms with van der Waals surface area (Å²) in [5, 5.41) is 0. The number of fused-ring (bicyclic) bond motifs is 4. The van der Waals surface area contributed by atoms with E-state index in [1.54, 1.807) is 33.4 Å². The maximum atomic E-state index is 6.62. The van der Waals surface area contributed by atoms with Crippen molar-refractivity contribution in [2.45, 2.75) is 353 Å². The SMILES string of the molecule is CCC.COC1=C(c2cc(C)cc(C)c2)C2CC(CC(C)(C)C)C([Si](C)(C)C3C(CC(C)(C)C)CC4C(c5cc(C)cc(C)c5)=C(C)C(C(C)(C)C)=CC43)C2C=C1C(C)(C)C.COc1c(C(C)(C)C)cc2c(c1-c1cc(C)cc(C)c1)C=C(CC(C)(C)C)C2[Si](C)(C)C1C(CC(C)(C)C)=Cc2c1cc(C(C)(C)C)c(C)c2-c1cc(C)cc(C)c1. The number of rotatable bonds is 14. The molecule has 119 heavy (non-hydrogen) atoms. The average Bonchev–Trinajstić information content (AvgIpc) is 1.56. The zero-order valence-electron chi connectivity index (χ0n) is 83.9. The molecule has 10 unspecified atom stereocenters. The molecule has 6 aromatic rings. The number of allylic oxidation sites excluding steroid dienone is 9. The van der Waals surface area contributed by atoms with Gasteiger partial charge in [-0.1, -0.05) is 378 Å². The van der Waals surface area contributed by atoms with E-state index in [4.69, 9.17) is 9.47 Å². The van der Waals surface area contributed by atoms with Crippen molar-refractivity contribution >= 4 is 39.4 Å². The van der Waals surface area contributed by atoms with Gasteiger partial charge in [0.05, 0.1) is 30.4 Å². The van der Waals surface area contributed by atoms with Crippen LogP contribution < -0.4 is 4.74 Å². The second-order valence-corrected chi connectivity index (χ2v) is 59.3. The minimum absolute atomic E-state index is 0.00598. The monoisotopic (exact) mass is 1640 g/mol. The number of aryl methyl sites for hydroxylation is 8. The van der Waals surface area contributed by atoms with Crippen molar-refractivity contribution in [3.8, 4) is 28.0 Å². The predicted molar refractivity (Wildman–Crippen MR) is 531 cm³/mol. The van der Waals surface area contributed by atoms with Gasteiger partial charge in [0.1, 0.15) is 11.5 Å². The first-order valence-corrected chi connectivity index (χ1v) is 52.9. The predicted octanol–water partition coefficient (Wildman–Crippen LogP) is 34.5. The smallest absolute Gasteiger partial charge is 0.131 e. The topological polar surface area (TPSA) is 18.5 Å². The molecule has 10 atom stereocenters. The summed E-state index contributed by atoms with van der Waals surface area (Å²) in [5.41, 5.74) is 43.0. The van der Waals surface area contributed by atoms with E-state index >= 15 is 0 Å². The van der Waals surface area contributed by atoms with Gasteiger partial charge in [-0.25, -0.2) is 0 Å². The summed E-state index contributed by atoms with van der Waals surface area (Å²) in [5.74, 6) is 5.67. The summed E-state index contributed by atoms with van der Waals surface area (Å²) in [6, 6.07) is 34.2. The molecule has 2 fully saturated rings. The van der Waals surface area contributed by atoms with Crippen LogP contribution in [0.2, 0.25) is 37.3 Å². The molecule has 2 nitrogen and oxygen atoms in total. The maximum Gasteiger partial charge on any atom is 0.131 e. The van der Waals surface area contributed by atoms with Crippen molar-refractivity contribution in [3.63, 3.8) is 0 Å². The molecule has 0 N–H and O–H groups in total. The van der Waals surface area contributed by atoms with E-state index in [0.717, 1.165) is 24.4 Å². The molecule has 6 aliphatic carbocycles. The van der Waals surface area contributed by atoms with Gasteiger partial charge in [-0.2, -0.15) is 0 Å². The quantitative estimate of drug-likeness (QED) is 0.101. The highest BCUT2D eigenvalue weighted by molar-refractivity contribution is 6.82. The Morgan fingerprint density at radius 2 is 0.689 bits per heavy atom. The Balaban J connectivity index is 0.000000242. The van der Waals surface area contributed by atoms with Gasteiger partial charge >= 0.3 is 0 Å². The molecule has 4 heteroatoms. The molecular formula is C115H168O2Si2. The Labute approximate surface area is 732 Å². The summed E-state index contributed by atoms with van der Waals surface area (Å²) in [6.07, 6.45) is 19.6. The van der Waals surface area contributed by atoms with Crippen molar-refractivity contribution < 1.29 is 9.47 Å². The molecule has 0 saturated heterocycles. The number of methoxy groups -OCH3 is 2. The van der Waals surface area contributed by atoms with Crippen LogP contribution in [0, 0.1) is 130 Å².